The average molecular weight is 508 g/mol. The number of hydrogen-bond acceptors (Lipinski definition) is 10. The van der Waals surface area contributed by atoms with Crippen molar-refractivity contribution < 1.29 is 38.1 Å². The topological polar surface area (TPSA) is 141 Å². The average Bonchev–Trinajstić information content (AvgIpc) is 2.56. The van der Waals surface area contributed by atoms with Crippen molar-refractivity contribution in [3.63, 3.8) is 0 Å². The molecule has 10 nitrogen and oxygen atoms in total. The van der Waals surface area contributed by atoms with Crippen LogP contribution in [0, 0.1) is 5.41 Å². The van der Waals surface area contributed by atoms with Gasteiger partial charge in [0.25, 0.3) is 3.79 Å². The Kier molecular flexibility index (Phi) is 9.99. The minimum absolute atomic E-state index is 0.247. The lowest BCUT2D eigenvalue weighted by Gasteiger charge is -2.44. The maximum Gasteiger partial charge on any atom is 0.303 e. The van der Waals surface area contributed by atoms with Gasteiger partial charge in [-0.05, 0) is 0 Å². The minimum atomic E-state index is -2.20. The quantitative estimate of drug-likeness (QED) is 0.181. The zero-order chi connectivity index (χ0) is 23.2. The number of esters is 3. The fourth-order valence-corrected chi connectivity index (χ4v) is 4.11. The molecule has 1 aliphatic heterocycles. The van der Waals surface area contributed by atoms with E-state index in [1.165, 1.54) is 13.8 Å². The van der Waals surface area contributed by atoms with E-state index in [4.69, 9.17) is 59.2 Å². The summed E-state index contributed by atoms with van der Waals surface area (Å²) in [7, 11) is 0. The molecular formula is C16H21Cl3N2O8S. The summed E-state index contributed by atoms with van der Waals surface area (Å²) >= 11 is 18.0. The Bertz CT molecular complexity index is 702. The third-order valence-corrected chi connectivity index (χ3v) is 5.49. The van der Waals surface area contributed by atoms with Crippen molar-refractivity contribution in [3.05, 3.63) is 0 Å². The summed E-state index contributed by atoms with van der Waals surface area (Å²) in [6.45, 7) is 4.41. The van der Waals surface area contributed by atoms with E-state index in [-0.39, 0.29) is 6.61 Å². The summed E-state index contributed by atoms with van der Waals surface area (Å²) in [4.78, 5) is 46.4. The van der Waals surface area contributed by atoms with Gasteiger partial charge < -0.3 is 24.3 Å². The second kappa shape index (κ2) is 11.3. The van der Waals surface area contributed by atoms with Gasteiger partial charge in [0.1, 0.15) is 12.6 Å². The van der Waals surface area contributed by atoms with Gasteiger partial charge in [-0.1, -0.05) is 34.8 Å². The van der Waals surface area contributed by atoms with Crippen LogP contribution in [0.5, 0.6) is 0 Å². The Balaban J connectivity index is 3.37. The molecule has 1 rings (SSSR count). The van der Waals surface area contributed by atoms with Crippen molar-refractivity contribution >= 4 is 76.3 Å². The highest BCUT2D eigenvalue weighted by Crippen LogP contribution is 2.39. The molecule has 14 heteroatoms. The number of thioether (sulfide) groups is 1. The van der Waals surface area contributed by atoms with Crippen LogP contribution in [0.25, 0.3) is 0 Å². The predicted octanol–water partition coefficient (Wildman–Crippen LogP) is 1.72. The largest absolute Gasteiger partial charge is 0.465 e. The number of carbonyl (C=O) groups is 4. The Morgan fingerprint density at radius 1 is 0.933 bits per heavy atom. The molecule has 170 valence electrons. The van der Waals surface area contributed by atoms with Crippen LogP contribution in [0.15, 0.2) is 0 Å². The first kappa shape index (κ1) is 26.6. The number of halogens is 3. The SMILES string of the molecule is CC(=O)NC1[C@@H](OC(C)=O)[C@H](OC(C)=O)C(COC(C)=O)S[C@@H]1OC(=N)C(Cl)(Cl)Cl. The van der Waals surface area contributed by atoms with E-state index >= 15 is 0 Å². The Labute approximate surface area is 192 Å². The molecule has 30 heavy (non-hydrogen) atoms. The zero-order valence-corrected chi connectivity index (χ0v) is 19.5. The lowest BCUT2D eigenvalue weighted by Crippen LogP contribution is -2.63. The highest BCUT2D eigenvalue weighted by atomic mass is 35.6. The monoisotopic (exact) mass is 506 g/mol. The molecule has 2 N–H and O–H groups in total. The van der Waals surface area contributed by atoms with Crippen LogP contribution in [0.4, 0.5) is 0 Å². The van der Waals surface area contributed by atoms with Gasteiger partial charge in [0.05, 0.1) is 5.25 Å². The van der Waals surface area contributed by atoms with Gasteiger partial charge in [-0.15, -0.1) is 11.8 Å². The molecule has 1 amide bonds. The third-order valence-electron chi connectivity index (χ3n) is 3.56. The Hall–Kier alpha value is -1.43. The van der Waals surface area contributed by atoms with Crippen LogP contribution in [-0.4, -0.2) is 69.0 Å². The number of ether oxygens (including phenoxy) is 4. The van der Waals surface area contributed by atoms with Gasteiger partial charge in [-0.2, -0.15) is 0 Å². The van der Waals surface area contributed by atoms with Crippen molar-refractivity contribution in [2.75, 3.05) is 6.61 Å². The van der Waals surface area contributed by atoms with E-state index in [0.29, 0.717) is 0 Å². The number of hydrogen-bond donors (Lipinski definition) is 2. The summed E-state index contributed by atoms with van der Waals surface area (Å²) in [5.74, 6) is -3.30. The van der Waals surface area contributed by atoms with E-state index in [0.717, 1.165) is 25.6 Å². The van der Waals surface area contributed by atoms with Crippen molar-refractivity contribution in [2.24, 2.45) is 0 Å². The first-order valence-corrected chi connectivity index (χ1v) is 10.5. The number of carbonyl (C=O) groups excluding carboxylic acids is 4. The highest BCUT2D eigenvalue weighted by Gasteiger charge is 2.52. The second-order valence-electron chi connectivity index (χ2n) is 6.16. The molecule has 0 aromatic rings. The van der Waals surface area contributed by atoms with Gasteiger partial charge in [0, 0.05) is 27.7 Å². The van der Waals surface area contributed by atoms with E-state index in [9.17, 15) is 19.2 Å². The first-order valence-electron chi connectivity index (χ1n) is 8.45. The molecule has 5 atom stereocenters. The maximum atomic E-state index is 11.8. The molecule has 1 aliphatic rings. The summed E-state index contributed by atoms with van der Waals surface area (Å²) in [5.41, 5.74) is -1.12. The van der Waals surface area contributed by atoms with Crippen molar-refractivity contribution in [2.45, 2.75) is 60.4 Å². The predicted molar refractivity (Wildman–Crippen MR) is 110 cm³/mol. The van der Waals surface area contributed by atoms with Crippen LogP contribution in [-0.2, 0) is 38.1 Å². The summed E-state index contributed by atoms with van der Waals surface area (Å²) < 4.78 is 18.9. The lowest BCUT2D eigenvalue weighted by atomic mass is 10.0. The van der Waals surface area contributed by atoms with Crippen molar-refractivity contribution in [1.82, 2.24) is 5.32 Å². The van der Waals surface area contributed by atoms with E-state index in [2.05, 4.69) is 5.32 Å². The van der Waals surface area contributed by atoms with Crippen LogP contribution in [0.3, 0.4) is 0 Å². The number of nitrogens with one attached hydrogen (secondary N) is 2. The molecular weight excluding hydrogens is 487 g/mol. The van der Waals surface area contributed by atoms with E-state index in [1.54, 1.807) is 0 Å². The zero-order valence-electron chi connectivity index (χ0n) is 16.4. The highest BCUT2D eigenvalue weighted by molar-refractivity contribution is 8.00. The van der Waals surface area contributed by atoms with Crippen molar-refractivity contribution in [3.8, 4) is 0 Å². The second-order valence-corrected chi connectivity index (χ2v) is 9.79. The van der Waals surface area contributed by atoms with Crippen LogP contribution < -0.4 is 5.32 Å². The number of amides is 1. The molecule has 0 spiro atoms. The van der Waals surface area contributed by atoms with Crippen LogP contribution >= 0.6 is 46.6 Å². The number of rotatable bonds is 6. The fourth-order valence-electron chi connectivity index (χ4n) is 2.57. The molecule has 1 heterocycles. The summed E-state index contributed by atoms with van der Waals surface area (Å²) in [6.07, 6.45) is -2.36. The van der Waals surface area contributed by atoms with Gasteiger partial charge in [0.15, 0.2) is 17.6 Å². The van der Waals surface area contributed by atoms with Gasteiger partial charge in [-0.25, -0.2) is 0 Å². The van der Waals surface area contributed by atoms with Gasteiger partial charge >= 0.3 is 17.9 Å². The maximum absolute atomic E-state index is 11.8. The summed E-state index contributed by atoms with van der Waals surface area (Å²) in [5, 5.41) is 9.59. The molecule has 0 saturated carbocycles. The first-order chi connectivity index (χ1) is 13.7. The molecule has 1 fully saturated rings. The Morgan fingerprint density at radius 3 is 1.90 bits per heavy atom. The molecule has 0 radical (unpaired) electrons. The Morgan fingerprint density at radius 2 is 1.47 bits per heavy atom. The van der Waals surface area contributed by atoms with Gasteiger partial charge in [0.2, 0.25) is 11.8 Å². The lowest BCUT2D eigenvalue weighted by molar-refractivity contribution is -0.172. The molecule has 0 bridgehead atoms. The normalized spacial score (nSPS) is 26.2. The van der Waals surface area contributed by atoms with E-state index < -0.39 is 62.4 Å². The van der Waals surface area contributed by atoms with Crippen LogP contribution in [0.1, 0.15) is 27.7 Å². The third kappa shape index (κ3) is 8.37. The molecule has 0 aromatic carbocycles. The van der Waals surface area contributed by atoms with E-state index in [1.807, 2.05) is 0 Å². The molecule has 0 aromatic heterocycles. The standard InChI is InChI=1S/C16H21Cl3N2O8S/c1-6(22)21-11-13(28-9(4)25)12(27-8(3)24)10(5-26-7(2)23)30-14(11)29-15(20)16(17,18)19/h10-14,20H,5H2,1-4H3,(H,21,22)/t10?,11?,12-,13-,14+/m1/s1. The van der Waals surface area contributed by atoms with Crippen LogP contribution in [0.2, 0.25) is 0 Å². The molecule has 0 aliphatic carbocycles. The molecule has 1 saturated heterocycles. The smallest absolute Gasteiger partial charge is 0.303 e. The minimum Gasteiger partial charge on any atom is -0.465 e. The molecule has 2 unspecified atom stereocenters. The summed E-state index contributed by atoms with van der Waals surface area (Å²) in [6, 6.07) is -1.10. The van der Waals surface area contributed by atoms with Gasteiger partial charge in [-0.3, -0.25) is 24.6 Å². The fraction of sp³-hybridized carbons (Fsp3) is 0.688. The van der Waals surface area contributed by atoms with Crippen molar-refractivity contribution in [1.29, 1.82) is 5.41 Å². The number of alkyl halides is 3.